The summed E-state index contributed by atoms with van der Waals surface area (Å²) in [6.07, 6.45) is -3.24. The molecule has 0 unspecified atom stereocenters. The van der Waals surface area contributed by atoms with E-state index in [4.69, 9.17) is 9.47 Å². The van der Waals surface area contributed by atoms with E-state index in [1.165, 1.54) is 12.1 Å². The van der Waals surface area contributed by atoms with Crippen LogP contribution in [0.25, 0.3) is 0 Å². The molecule has 0 aliphatic rings. The minimum Gasteiger partial charge on any atom is -0.493 e. The van der Waals surface area contributed by atoms with E-state index < -0.39 is 17.8 Å². The number of hydrogen-bond acceptors (Lipinski definition) is 4. The molecule has 0 aliphatic heterocycles. The van der Waals surface area contributed by atoms with E-state index in [9.17, 15) is 18.0 Å². The highest BCUT2D eigenvalue weighted by molar-refractivity contribution is 5.86. The Morgan fingerprint density at radius 3 is 2.22 bits per heavy atom. The highest BCUT2D eigenvalue weighted by Gasteiger charge is 2.30. The van der Waals surface area contributed by atoms with Crippen LogP contribution in [0.2, 0.25) is 0 Å². The highest BCUT2D eigenvalue weighted by atomic mass is 19.4. The minimum atomic E-state index is -4.36. The second-order valence-corrected chi connectivity index (χ2v) is 8.92. The fraction of sp³-hybridized carbons (Fsp3) is 0.345. The Kier molecular flexibility index (Phi) is 9.44. The van der Waals surface area contributed by atoms with Crippen molar-refractivity contribution >= 4 is 11.6 Å². The van der Waals surface area contributed by atoms with Gasteiger partial charge in [0.2, 0.25) is 5.91 Å². The van der Waals surface area contributed by atoms with Gasteiger partial charge < -0.3 is 19.7 Å². The van der Waals surface area contributed by atoms with Crippen molar-refractivity contribution in [3.8, 4) is 11.5 Å². The lowest BCUT2D eigenvalue weighted by molar-refractivity contribution is -0.137. The van der Waals surface area contributed by atoms with Crippen LogP contribution < -0.4 is 19.7 Å². The van der Waals surface area contributed by atoms with Crippen molar-refractivity contribution in [3.05, 3.63) is 89.5 Å². The average molecular weight is 515 g/mol. The van der Waals surface area contributed by atoms with E-state index in [0.29, 0.717) is 30.9 Å². The summed E-state index contributed by atoms with van der Waals surface area (Å²) in [5.41, 5.74) is 1.70. The van der Waals surface area contributed by atoms with Crippen molar-refractivity contribution in [1.82, 2.24) is 5.32 Å². The van der Waals surface area contributed by atoms with Crippen LogP contribution >= 0.6 is 0 Å². The number of carbonyl (C=O) groups is 1. The molecule has 0 saturated carbocycles. The third-order valence-corrected chi connectivity index (χ3v) is 5.91. The smallest absolute Gasteiger partial charge is 0.416 e. The molecular formula is C29H33F3N2O3. The Balaban J connectivity index is 1.93. The summed E-state index contributed by atoms with van der Waals surface area (Å²) < 4.78 is 50.2. The summed E-state index contributed by atoms with van der Waals surface area (Å²) >= 11 is 0. The Bertz CT molecular complexity index is 1150. The summed E-state index contributed by atoms with van der Waals surface area (Å²) in [6, 6.07) is 19.6. The summed E-state index contributed by atoms with van der Waals surface area (Å²) in [5.74, 6) is 0.965. The number of hydrogen-bond donors (Lipinski definition) is 1. The maximum Gasteiger partial charge on any atom is 0.416 e. The monoisotopic (exact) mass is 514 g/mol. The molecule has 3 aromatic rings. The van der Waals surface area contributed by atoms with E-state index >= 15 is 0 Å². The van der Waals surface area contributed by atoms with Gasteiger partial charge in [-0.05, 0) is 62.1 Å². The van der Waals surface area contributed by atoms with Crippen molar-refractivity contribution in [2.45, 2.75) is 45.0 Å². The number of methoxy groups -OCH3 is 1. The number of halogens is 3. The van der Waals surface area contributed by atoms with Crippen LogP contribution in [-0.4, -0.2) is 32.7 Å². The second-order valence-electron chi connectivity index (χ2n) is 8.92. The van der Waals surface area contributed by atoms with Gasteiger partial charge in [-0.2, -0.15) is 13.2 Å². The normalized spacial score (nSPS) is 12.2. The number of aryl methyl sites for hydroxylation is 1. The zero-order chi connectivity index (χ0) is 27.0. The summed E-state index contributed by atoms with van der Waals surface area (Å²) in [4.78, 5) is 15.1. The largest absolute Gasteiger partial charge is 0.493 e. The molecule has 0 heterocycles. The third-order valence-electron chi connectivity index (χ3n) is 5.91. The van der Waals surface area contributed by atoms with Crippen molar-refractivity contribution in [3.63, 3.8) is 0 Å². The Labute approximate surface area is 216 Å². The van der Waals surface area contributed by atoms with Crippen LogP contribution in [0.1, 0.15) is 43.0 Å². The van der Waals surface area contributed by atoms with Crippen molar-refractivity contribution in [2.75, 3.05) is 25.6 Å². The molecule has 0 spiro atoms. The lowest BCUT2D eigenvalue weighted by atomic mass is 10.0. The number of ether oxygens (including phenoxy) is 2. The Morgan fingerprint density at radius 2 is 1.65 bits per heavy atom. The molecule has 0 aromatic heterocycles. The standard InChI is InChI=1S/C29H33F3N2O3/c1-20(2)37-25-17-16-24(19-26(25)36-4)34(27(28(35)33-3)22-10-6-5-7-11-22)18-8-9-21-12-14-23(15-13-21)29(30,31)32/h5-7,10-17,19-20,27H,8-9,18H2,1-4H3,(H,33,35)/t27-/m0/s1. The first-order valence-corrected chi connectivity index (χ1v) is 12.2. The van der Waals surface area contributed by atoms with Crippen molar-refractivity contribution < 1.29 is 27.4 Å². The van der Waals surface area contributed by atoms with Gasteiger partial charge in [0.25, 0.3) is 0 Å². The maximum atomic E-state index is 13.1. The number of nitrogens with zero attached hydrogens (tertiary/aromatic N) is 1. The molecule has 8 heteroatoms. The number of carbonyl (C=O) groups excluding carboxylic acids is 1. The van der Waals surface area contributed by atoms with Crippen molar-refractivity contribution in [1.29, 1.82) is 0 Å². The molecule has 1 amide bonds. The van der Waals surface area contributed by atoms with Crippen LogP contribution in [0.3, 0.4) is 0 Å². The SMILES string of the molecule is CNC(=O)[C@H](c1ccccc1)N(CCCc1ccc(C(F)(F)F)cc1)c1ccc(OC(C)C)c(OC)c1. The molecular weight excluding hydrogens is 481 g/mol. The van der Waals surface area contributed by atoms with Gasteiger partial charge in [0, 0.05) is 25.3 Å². The zero-order valence-corrected chi connectivity index (χ0v) is 21.5. The van der Waals surface area contributed by atoms with Gasteiger partial charge in [0.15, 0.2) is 11.5 Å². The fourth-order valence-electron chi connectivity index (χ4n) is 4.15. The van der Waals surface area contributed by atoms with E-state index in [1.54, 1.807) is 14.2 Å². The van der Waals surface area contributed by atoms with Gasteiger partial charge in [0.1, 0.15) is 6.04 Å². The number of alkyl halides is 3. The van der Waals surface area contributed by atoms with E-state index in [0.717, 1.165) is 28.9 Å². The van der Waals surface area contributed by atoms with Crippen molar-refractivity contribution in [2.24, 2.45) is 0 Å². The number of anilines is 1. The predicted molar refractivity (Wildman–Crippen MR) is 139 cm³/mol. The van der Waals surface area contributed by atoms with Crippen LogP contribution in [0.4, 0.5) is 18.9 Å². The molecule has 0 saturated heterocycles. The van der Waals surface area contributed by atoms with E-state index in [-0.39, 0.29) is 12.0 Å². The molecule has 1 atom stereocenters. The first kappa shape index (κ1) is 27.9. The molecule has 0 fully saturated rings. The topological polar surface area (TPSA) is 50.8 Å². The quantitative estimate of drug-likeness (QED) is 0.321. The van der Waals surface area contributed by atoms with Gasteiger partial charge in [-0.3, -0.25) is 4.79 Å². The van der Waals surface area contributed by atoms with Crippen LogP contribution in [0, 0.1) is 0 Å². The van der Waals surface area contributed by atoms with Gasteiger partial charge >= 0.3 is 6.18 Å². The lowest BCUT2D eigenvalue weighted by Gasteiger charge is -2.33. The first-order chi connectivity index (χ1) is 17.6. The predicted octanol–water partition coefficient (Wildman–Crippen LogP) is 6.43. The summed E-state index contributed by atoms with van der Waals surface area (Å²) in [6.45, 7) is 4.33. The molecule has 5 nitrogen and oxygen atoms in total. The molecule has 3 aromatic carbocycles. The highest BCUT2D eigenvalue weighted by Crippen LogP contribution is 2.36. The first-order valence-electron chi connectivity index (χ1n) is 12.2. The molecule has 1 N–H and O–H groups in total. The third kappa shape index (κ3) is 7.41. The Morgan fingerprint density at radius 1 is 0.973 bits per heavy atom. The Hall–Kier alpha value is -3.68. The molecule has 0 aliphatic carbocycles. The number of nitrogens with one attached hydrogen (secondary N) is 1. The molecule has 198 valence electrons. The van der Waals surface area contributed by atoms with E-state index in [1.807, 2.05) is 67.3 Å². The number of likely N-dealkylation sites (N-methyl/N-ethyl adjacent to an activating group) is 1. The van der Waals surface area contributed by atoms with Gasteiger partial charge in [-0.25, -0.2) is 0 Å². The van der Waals surface area contributed by atoms with Crippen LogP contribution in [0.5, 0.6) is 11.5 Å². The van der Waals surface area contributed by atoms with Gasteiger partial charge in [0.05, 0.1) is 18.8 Å². The van der Waals surface area contributed by atoms with Gasteiger partial charge in [-0.15, -0.1) is 0 Å². The minimum absolute atomic E-state index is 0.0393. The number of amides is 1. The maximum absolute atomic E-state index is 13.1. The molecule has 0 bridgehead atoms. The number of rotatable bonds is 11. The van der Waals surface area contributed by atoms with E-state index in [2.05, 4.69) is 5.32 Å². The average Bonchev–Trinajstić information content (AvgIpc) is 2.88. The summed E-state index contributed by atoms with van der Waals surface area (Å²) in [7, 11) is 3.16. The van der Waals surface area contributed by atoms with Gasteiger partial charge in [-0.1, -0.05) is 42.5 Å². The van der Waals surface area contributed by atoms with Crippen LogP contribution in [0.15, 0.2) is 72.8 Å². The number of benzene rings is 3. The summed E-state index contributed by atoms with van der Waals surface area (Å²) in [5, 5.41) is 2.77. The molecule has 0 radical (unpaired) electrons. The second kappa shape index (κ2) is 12.5. The zero-order valence-electron chi connectivity index (χ0n) is 21.5. The molecule has 37 heavy (non-hydrogen) atoms. The molecule has 3 rings (SSSR count). The van der Waals surface area contributed by atoms with Crippen LogP contribution in [-0.2, 0) is 17.4 Å². The lowest BCUT2D eigenvalue weighted by Crippen LogP contribution is -2.40. The fourth-order valence-corrected chi connectivity index (χ4v) is 4.15.